The molecule has 0 aromatic rings. The molecule has 0 aromatic heterocycles. The van der Waals surface area contributed by atoms with Crippen molar-refractivity contribution in [2.45, 2.75) is 32.1 Å². The molecule has 0 aromatic carbocycles. The van der Waals surface area contributed by atoms with Crippen LogP contribution in [0.2, 0.25) is 0 Å². The third kappa shape index (κ3) is 6.51. The third-order valence-corrected chi connectivity index (χ3v) is 3.35. The van der Waals surface area contributed by atoms with Crippen LogP contribution in [0.3, 0.4) is 0 Å². The number of hydrogen-bond donors (Lipinski definition) is 2. The van der Waals surface area contributed by atoms with E-state index in [1.165, 1.54) is 0 Å². The van der Waals surface area contributed by atoms with Gasteiger partial charge in [-0.1, -0.05) is 0 Å². The van der Waals surface area contributed by atoms with Gasteiger partial charge in [-0.2, -0.15) is 0 Å². The maximum atomic E-state index is 12.0. The highest BCUT2D eigenvalue weighted by atomic mass is 16.4. The average Bonchev–Trinajstić information content (AvgIpc) is 2.59. The van der Waals surface area contributed by atoms with E-state index in [-0.39, 0.29) is 24.8 Å². The maximum absolute atomic E-state index is 12.0. The Kier molecular flexibility index (Phi) is 7.00. The van der Waals surface area contributed by atoms with Crippen LogP contribution in [0.25, 0.3) is 0 Å². The summed E-state index contributed by atoms with van der Waals surface area (Å²) in [4.78, 5) is 37.0. The predicted octanol–water partition coefficient (Wildman–Crippen LogP) is -0.349. The van der Waals surface area contributed by atoms with Gasteiger partial charge in [0.15, 0.2) is 0 Å². The smallest absolute Gasteiger partial charge is 0.303 e. The topological polar surface area (TPSA) is 104 Å². The number of carboxylic acid groups (broad SMARTS) is 1. The first-order valence-corrected chi connectivity index (χ1v) is 6.99. The highest BCUT2D eigenvalue weighted by Crippen LogP contribution is 2.08. The fourth-order valence-electron chi connectivity index (χ4n) is 2.31. The minimum atomic E-state index is -0.825. The summed E-state index contributed by atoms with van der Waals surface area (Å²) >= 11 is 0. The Balaban J connectivity index is 2.27. The minimum absolute atomic E-state index is 0.0660. The molecule has 7 nitrogen and oxygen atoms in total. The number of carboxylic acids is 1. The molecule has 1 heterocycles. The first-order valence-electron chi connectivity index (χ1n) is 6.99. The molecule has 0 saturated carbocycles. The summed E-state index contributed by atoms with van der Waals surface area (Å²) in [7, 11) is 0. The second-order valence-electron chi connectivity index (χ2n) is 5.08. The van der Waals surface area contributed by atoms with E-state index in [9.17, 15) is 14.4 Å². The molecule has 1 rings (SSSR count). The standard InChI is InChI=1S/C13H23N3O4/c14-11(17)10-15-6-3-7-16(9-8-15)12(18)4-1-2-5-13(19)20/h1-10H2,(H2,14,17)(H,19,20). The van der Waals surface area contributed by atoms with E-state index in [2.05, 4.69) is 0 Å². The zero-order valence-electron chi connectivity index (χ0n) is 11.7. The molecule has 0 spiro atoms. The molecule has 1 aliphatic heterocycles. The van der Waals surface area contributed by atoms with E-state index < -0.39 is 5.97 Å². The van der Waals surface area contributed by atoms with Crippen molar-refractivity contribution in [3.8, 4) is 0 Å². The Bertz CT molecular complexity index is 360. The van der Waals surface area contributed by atoms with Gasteiger partial charge in [0.25, 0.3) is 0 Å². The molecule has 0 radical (unpaired) electrons. The van der Waals surface area contributed by atoms with Crippen molar-refractivity contribution in [3.05, 3.63) is 0 Å². The van der Waals surface area contributed by atoms with Gasteiger partial charge in [-0.3, -0.25) is 19.3 Å². The number of carbonyl (C=O) groups excluding carboxylic acids is 2. The monoisotopic (exact) mass is 285 g/mol. The molecule has 2 amide bonds. The van der Waals surface area contributed by atoms with Crippen molar-refractivity contribution in [1.82, 2.24) is 9.80 Å². The quantitative estimate of drug-likeness (QED) is 0.622. The Hall–Kier alpha value is -1.63. The Labute approximate surface area is 118 Å². The maximum Gasteiger partial charge on any atom is 0.303 e. The van der Waals surface area contributed by atoms with Crippen LogP contribution >= 0.6 is 0 Å². The van der Waals surface area contributed by atoms with Crippen LogP contribution in [0, 0.1) is 0 Å². The number of nitrogens with two attached hydrogens (primary N) is 1. The molecule has 20 heavy (non-hydrogen) atoms. The van der Waals surface area contributed by atoms with Crippen molar-refractivity contribution in [3.63, 3.8) is 0 Å². The highest BCUT2D eigenvalue weighted by molar-refractivity contribution is 5.77. The lowest BCUT2D eigenvalue weighted by atomic mass is 10.2. The van der Waals surface area contributed by atoms with Gasteiger partial charge in [-0.05, 0) is 19.3 Å². The highest BCUT2D eigenvalue weighted by Gasteiger charge is 2.19. The molecule has 0 atom stereocenters. The number of nitrogens with zero attached hydrogens (tertiary/aromatic N) is 2. The van der Waals surface area contributed by atoms with Crippen molar-refractivity contribution in [2.75, 3.05) is 32.7 Å². The second kappa shape index (κ2) is 8.52. The summed E-state index contributed by atoms with van der Waals surface area (Å²) in [5.74, 6) is -1.11. The van der Waals surface area contributed by atoms with Crippen LogP contribution in [0.4, 0.5) is 0 Å². The van der Waals surface area contributed by atoms with Crippen LogP contribution < -0.4 is 5.73 Å². The van der Waals surface area contributed by atoms with Gasteiger partial charge >= 0.3 is 5.97 Å². The van der Waals surface area contributed by atoms with Gasteiger partial charge in [0.1, 0.15) is 0 Å². The molecule has 1 fully saturated rings. The molecular formula is C13H23N3O4. The van der Waals surface area contributed by atoms with E-state index in [1.807, 2.05) is 4.90 Å². The molecule has 1 saturated heterocycles. The zero-order valence-corrected chi connectivity index (χ0v) is 11.7. The normalized spacial score (nSPS) is 16.7. The number of carbonyl (C=O) groups is 3. The van der Waals surface area contributed by atoms with E-state index >= 15 is 0 Å². The number of aliphatic carboxylic acids is 1. The lowest BCUT2D eigenvalue weighted by molar-refractivity contribution is -0.137. The fraction of sp³-hybridized carbons (Fsp3) is 0.769. The van der Waals surface area contributed by atoms with Crippen molar-refractivity contribution < 1.29 is 19.5 Å². The summed E-state index contributed by atoms with van der Waals surface area (Å²) in [6, 6.07) is 0. The first-order chi connectivity index (χ1) is 9.49. The number of unbranched alkanes of at least 4 members (excludes halogenated alkanes) is 1. The predicted molar refractivity (Wildman–Crippen MR) is 72.9 cm³/mol. The van der Waals surface area contributed by atoms with Crippen molar-refractivity contribution >= 4 is 17.8 Å². The number of primary amides is 1. The summed E-state index contributed by atoms with van der Waals surface area (Å²) in [6.45, 7) is 2.95. The molecule has 0 bridgehead atoms. The fourth-order valence-corrected chi connectivity index (χ4v) is 2.31. The minimum Gasteiger partial charge on any atom is -0.481 e. The second-order valence-corrected chi connectivity index (χ2v) is 5.08. The molecule has 1 aliphatic rings. The van der Waals surface area contributed by atoms with Gasteiger partial charge in [0.05, 0.1) is 6.54 Å². The summed E-state index contributed by atoms with van der Waals surface area (Å²) in [5.41, 5.74) is 5.17. The van der Waals surface area contributed by atoms with E-state index in [0.717, 1.165) is 13.0 Å². The van der Waals surface area contributed by atoms with Crippen LogP contribution in [0.5, 0.6) is 0 Å². The summed E-state index contributed by atoms with van der Waals surface area (Å²) < 4.78 is 0. The molecule has 114 valence electrons. The Morgan fingerprint density at radius 3 is 2.35 bits per heavy atom. The number of amides is 2. The van der Waals surface area contributed by atoms with E-state index in [1.54, 1.807) is 4.90 Å². The van der Waals surface area contributed by atoms with Crippen LogP contribution in [-0.4, -0.2) is 65.4 Å². The summed E-state index contributed by atoms with van der Waals surface area (Å²) in [5, 5.41) is 8.53. The van der Waals surface area contributed by atoms with Gasteiger partial charge in [-0.15, -0.1) is 0 Å². The number of hydrogen-bond acceptors (Lipinski definition) is 4. The Morgan fingerprint density at radius 1 is 1.00 bits per heavy atom. The SMILES string of the molecule is NC(=O)CN1CCCN(C(=O)CCCCC(=O)O)CC1. The third-order valence-electron chi connectivity index (χ3n) is 3.35. The van der Waals surface area contributed by atoms with Crippen molar-refractivity contribution in [2.24, 2.45) is 5.73 Å². The molecular weight excluding hydrogens is 262 g/mol. The van der Waals surface area contributed by atoms with Crippen LogP contribution in [0.15, 0.2) is 0 Å². The van der Waals surface area contributed by atoms with Crippen molar-refractivity contribution in [1.29, 1.82) is 0 Å². The Morgan fingerprint density at radius 2 is 1.70 bits per heavy atom. The lowest BCUT2D eigenvalue weighted by Crippen LogP contribution is -2.38. The average molecular weight is 285 g/mol. The van der Waals surface area contributed by atoms with Gasteiger partial charge in [0.2, 0.25) is 11.8 Å². The van der Waals surface area contributed by atoms with Gasteiger partial charge in [0, 0.05) is 39.0 Å². The van der Waals surface area contributed by atoms with Gasteiger partial charge in [-0.25, -0.2) is 0 Å². The van der Waals surface area contributed by atoms with E-state index in [0.29, 0.717) is 38.9 Å². The first kappa shape index (κ1) is 16.4. The number of rotatable bonds is 7. The lowest BCUT2D eigenvalue weighted by Gasteiger charge is -2.21. The molecule has 7 heteroatoms. The largest absolute Gasteiger partial charge is 0.481 e. The molecule has 0 unspecified atom stereocenters. The van der Waals surface area contributed by atoms with Crippen LogP contribution in [0.1, 0.15) is 32.1 Å². The molecule has 3 N–H and O–H groups in total. The van der Waals surface area contributed by atoms with Crippen LogP contribution in [-0.2, 0) is 14.4 Å². The zero-order chi connectivity index (χ0) is 15.0. The van der Waals surface area contributed by atoms with E-state index in [4.69, 9.17) is 10.8 Å². The van der Waals surface area contributed by atoms with Gasteiger partial charge < -0.3 is 15.7 Å². The molecule has 0 aliphatic carbocycles. The summed E-state index contributed by atoms with van der Waals surface area (Å²) in [6.07, 6.45) is 2.46.